The first-order valence-electron chi connectivity index (χ1n) is 19.4. The molecular formula is C40H73NO7. The van der Waals surface area contributed by atoms with Crippen LogP contribution in [0.2, 0.25) is 0 Å². The summed E-state index contributed by atoms with van der Waals surface area (Å²) >= 11 is 0. The fourth-order valence-corrected chi connectivity index (χ4v) is 5.53. The second kappa shape index (κ2) is 32.0. The summed E-state index contributed by atoms with van der Waals surface area (Å²) in [6.07, 6.45) is 32.1. The van der Waals surface area contributed by atoms with Crippen LogP contribution in [0.1, 0.15) is 162 Å². The molecule has 0 spiro atoms. The van der Waals surface area contributed by atoms with Crippen molar-refractivity contribution in [1.82, 2.24) is 0 Å². The average Bonchev–Trinajstić information content (AvgIpc) is 3.03. The van der Waals surface area contributed by atoms with Gasteiger partial charge in [0.05, 0.1) is 40.3 Å². The van der Waals surface area contributed by atoms with Gasteiger partial charge in [-0.05, 0) is 38.5 Å². The summed E-state index contributed by atoms with van der Waals surface area (Å²) in [5.74, 6) is -1.77. The molecule has 0 saturated carbocycles. The summed E-state index contributed by atoms with van der Waals surface area (Å²) in [5.41, 5.74) is 0. The molecule has 0 aliphatic heterocycles. The van der Waals surface area contributed by atoms with Gasteiger partial charge in [0.1, 0.15) is 12.6 Å². The van der Waals surface area contributed by atoms with E-state index >= 15 is 0 Å². The van der Waals surface area contributed by atoms with Crippen molar-refractivity contribution in [3.05, 3.63) is 24.3 Å². The van der Waals surface area contributed by atoms with Crippen LogP contribution < -0.4 is 5.11 Å². The predicted molar refractivity (Wildman–Crippen MR) is 194 cm³/mol. The lowest BCUT2D eigenvalue weighted by Crippen LogP contribution is -2.55. The number of nitrogens with zero attached hydrogens (tertiary/aromatic N) is 1. The molecule has 0 N–H and O–H groups in total. The van der Waals surface area contributed by atoms with Gasteiger partial charge in [-0.1, -0.05) is 128 Å². The zero-order chi connectivity index (χ0) is 35.7. The predicted octanol–water partition coefficient (Wildman–Crippen LogP) is 8.41. The van der Waals surface area contributed by atoms with Crippen LogP contribution in [0.3, 0.4) is 0 Å². The Bertz CT molecular complexity index is 849. The van der Waals surface area contributed by atoms with Crippen LogP contribution in [0, 0.1) is 0 Å². The number of aliphatic carboxylic acids is 1. The summed E-state index contributed by atoms with van der Waals surface area (Å²) in [6.45, 7) is 4.58. The molecule has 0 aromatic carbocycles. The maximum absolute atomic E-state index is 12.6. The van der Waals surface area contributed by atoms with Gasteiger partial charge in [-0.15, -0.1) is 0 Å². The Morgan fingerprint density at radius 2 is 1.08 bits per heavy atom. The number of carboxylic acids is 1. The minimum absolute atomic E-state index is 0.0349. The zero-order valence-electron chi connectivity index (χ0n) is 31.7. The van der Waals surface area contributed by atoms with Crippen molar-refractivity contribution in [3.8, 4) is 0 Å². The summed E-state index contributed by atoms with van der Waals surface area (Å²) < 4.78 is 17.0. The molecule has 0 aliphatic carbocycles. The van der Waals surface area contributed by atoms with Gasteiger partial charge in [-0.3, -0.25) is 9.59 Å². The molecule has 0 aromatic rings. The highest BCUT2D eigenvalue weighted by Gasteiger charge is 2.25. The Morgan fingerprint density at radius 3 is 1.58 bits per heavy atom. The van der Waals surface area contributed by atoms with E-state index in [2.05, 4.69) is 38.2 Å². The van der Waals surface area contributed by atoms with Crippen LogP contribution in [0.4, 0.5) is 0 Å². The Hall–Kier alpha value is -2.19. The second-order valence-electron chi connectivity index (χ2n) is 14.2. The van der Waals surface area contributed by atoms with E-state index < -0.39 is 18.1 Å². The lowest BCUT2D eigenvalue weighted by atomic mass is 10.1. The normalized spacial score (nSPS) is 13.3. The number of carboxylic acid groups (broad SMARTS) is 1. The van der Waals surface area contributed by atoms with Crippen molar-refractivity contribution >= 4 is 17.9 Å². The number of unbranched alkanes of at least 4 members (excludes halogenated alkanes) is 17. The van der Waals surface area contributed by atoms with E-state index in [1.165, 1.54) is 77.0 Å². The summed E-state index contributed by atoms with van der Waals surface area (Å²) in [4.78, 5) is 36.5. The highest BCUT2D eigenvalue weighted by Crippen LogP contribution is 2.13. The first-order chi connectivity index (χ1) is 23.1. The molecule has 48 heavy (non-hydrogen) atoms. The van der Waals surface area contributed by atoms with Crippen molar-refractivity contribution in [1.29, 1.82) is 0 Å². The molecule has 0 aliphatic rings. The Balaban J connectivity index is 4.39. The molecular weight excluding hydrogens is 606 g/mol. The smallest absolute Gasteiger partial charge is 0.306 e. The van der Waals surface area contributed by atoms with Gasteiger partial charge in [0.25, 0.3) is 0 Å². The van der Waals surface area contributed by atoms with Gasteiger partial charge in [-0.25, -0.2) is 0 Å². The minimum Gasteiger partial charge on any atom is -0.544 e. The van der Waals surface area contributed by atoms with Gasteiger partial charge in [0.15, 0.2) is 6.10 Å². The van der Waals surface area contributed by atoms with Crippen molar-refractivity contribution < 1.29 is 38.2 Å². The van der Waals surface area contributed by atoms with Crippen LogP contribution >= 0.6 is 0 Å². The molecule has 8 heteroatoms. The lowest BCUT2D eigenvalue weighted by molar-refractivity contribution is -0.889. The average molecular weight is 680 g/mol. The van der Waals surface area contributed by atoms with E-state index in [1.54, 1.807) is 21.1 Å². The largest absolute Gasteiger partial charge is 0.544 e. The van der Waals surface area contributed by atoms with Crippen molar-refractivity contribution in [2.24, 2.45) is 0 Å². The summed E-state index contributed by atoms with van der Waals surface area (Å²) in [6, 6.07) is -0.725. The third kappa shape index (κ3) is 29.9. The second-order valence-corrected chi connectivity index (χ2v) is 14.2. The van der Waals surface area contributed by atoms with Crippen LogP contribution in [-0.4, -0.2) is 75.5 Å². The molecule has 2 unspecified atom stereocenters. The molecule has 2 atom stereocenters. The number of ether oxygens (including phenoxy) is 3. The molecule has 0 heterocycles. The van der Waals surface area contributed by atoms with Crippen molar-refractivity contribution in [2.45, 2.75) is 174 Å². The molecule has 8 nitrogen and oxygen atoms in total. The molecule has 0 radical (unpaired) electrons. The molecule has 0 amide bonds. The first-order valence-corrected chi connectivity index (χ1v) is 19.4. The van der Waals surface area contributed by atoms with Crippen molar-refractivity contribution in [3.63, 3.8) is 0 Å². The van der Waals surface area contributed by atoms with E-state index in [9.17, 15) is 19.5 Å². The monoisotopic (exact) mass is 680 g/mol. The van der Waals surface area contributed by atoms with E-state index in [4.69, 9.17) is 14.2 Å². The highest BCUT2D eigenvalue weighted by atomic mass is 16.6. The summed E-state index contributed by atoms with van der Waals surface area (Å²) in [7, 11) is 5.38. The van der Waals surface area contributed by atoms with Gasteiger partial charge < -0.3 is 28.6 Å². The standard InChI is InChI=1S/C40H73NO7/c1-6-8-10-12-14-16-17-18-19-20-21-22-23-25-26-28-30-38(42)47-35-36(34-46-33-32-37(40(44)45)41(3,4)5)48-39(43)31-29-27-24-15-13-11-9-7-2/h19-22,36-37H,6-18,23-35H2,1-5H3/b20-19+,22-21+. The molecule has 0 fully saturated rings. The van der Waals surface area contributed by atoms with Gasteiger partial charge in [0, 0.05) is 19.3 Å². The lowest BCUT2D eigenvalue weighted by Gasteiger charge is -2.34. The molecule has 0 aromatic heterocycles. The third-order valence-corrected chi connectivity index (χ3v) is 8.62. The fraction of sp³-hybridized carbons (Fsp3) is 0.825. The number of quaternary nitrogens is 1. The number of esters is 2. The third-order valence-electron chi connectivity index (χ3n) is 8.62. The number of carbonyl (C=O) groups excluding carboxylic acids is 3. The number of carbonyl (C=O) groups is 3. The van der Waals surface area contributed by atoms with Crippen LogP contribution in [0.25, 0.3) is 0 Å². The first kappa shape index (κ1) is 45.8. The van der Waals surface area contributed by atoms with E-state index in [0.29, 0.717) is 12.8 Å². The SMILES string of the molecule is CCCCCCCCC/C=C/C=C/CCCCCC(=O)OCC(COCCC(C(=O)[O-])[N+](C)(C)C)OC(=O)CCCCCCCCCC. The topological polar surface area (TPSA) is 102 Å². The summed E-state index contributed by atoms with van der Waals surface area (Å²) in [5, 5.41) is 11.6. The highest BCUT2D eigenvalue weighted by molar-refractivity contribution is 5.70. The molecule has 0 bridgehead atoms. The Kier molecular flexibility index (Phi) is 30.6. The quantitative estimate of drug-likeness (QED) is 0.0291. The number of hydrogen-bond donors (Lipinski definition) is 0. The Morgan fingerprint density at radius 1 is 0.625 bits per heavy atom. The van der Waals surface area contributed by atoms with Gasteiger partial charge in [0.2, 0.25) is 0 Å². The number of allylic oxidation sites excluding steroid dienone is 4. The van der Waals surface area contributed by atoms with Crippen LogP contribution in [0.5, 0.6) is 0 Å². The van der Waals surface area contributed by atoms with Crippen molar-refractivity contribution in [2.75, 3.05) is 41.0 Å². The van der Waals surface area contributed by atoms with E-state index in [1.807, 2.05) is 0 Å². The minimum atomic E-state index is -1.13. The van der Waals surface area contributed by atoms with Gasteiger partial charge in [-0.2, -0.15) is 0 Å². The van der Waals surface area contributed by atoms with E-state index in [-0.39, 0.29) is 42.7 Å². The zero-order valence-corrected chi connectivity index (χ0v) is 31.7. The maximum Gasteiger partial charge on any atom is 0.306 e. The van der Waals surface area contributed by atoms with E-state index in [0.717, 1.165) is 51.4 Å². The molecule has 0 saturated heterocycles. The maximum atomic E-state index is 12.6. The molecule has 280 valence electrons. The van der Waals surface area contributed by atoms with Crippen LogP contribution in [-0.2, 0) is 28.6 Å². The van der Waals surface area contributed by atoms with Crippen LogP contribution in [0.15, 0.2) is 24.3 Å². The number of likely N-dealkylation sites (N-methyl/N-ethyl adjacent to an activating group) is 1. The van der Waals surface area contributed by atoms with Gasteiger partial charge >= 0.3 is 11.9 Å². The number of hydrogen-bond acceptors (Lipinski definition) is 7. The fourth-order valence-electron chi connectivity index (χ4n) is 5.53. The Labute approximate surface area is 294 Å². The number of rotatable bonds is 34. The molecule has 0 rings (SSSR count).